The maximum absolute atomic E-state index is 12.1. The Labute approximate surface area is 124 Å². The monoisotopic (exact) mass is 287 g/mol. The fourth-order valence-corrected chi connectivity index (χ4v) is 3.01. The molecule has 1 aliphatic rings. The minimum atomic E-state index is -0.365. The molecule has 4 heteroatoms. The van der Waals surface area contributed by atoms with Crippen LogP contribution in [0.25, 0.3) is 11.0 Å². The van der Waals surface area contributed by atoms with Crippen molar-refractivity contribution in [3.8, 4) is 0 Å². The second-order valence-corrected chi connectivity index (χ2v) is 5.76. The third-order valence-electron chi connectivity index (χ3n) is 4.05. The summed E-state index contributed by atoms with van der Waals surface area (Å²) in [7, 11) is 0. The van der Waals surface area contributed by atoms with Gasteiger partial charge in [0.05, 0.1) is 6.61 Å². The lowest BCUT2D eigenvalue weighted by molar-refractivity contribution is 0.0489. The summed E-state index contributed by atoms with van der Waals surface area (Å²) in [6, 6.07) is 7.80. The number of likely N-dealkylation sites (tertiary alicyclic amines) is 1. The summed E-state index contributed by atoms with van der Waals surface area (Å²) in [5.74, 6) is 0.711. The van der Waals surface area contributed by atoms with Gasteiger partial charge < -0.3 is 9.15 Å². The number of hydrogen-bond acceptors (Lipinski definition) is 4. The number of para-hydroxylation sites is 1. The first kappa shape index (κ1) is 14.1. The van der Waals surface area contributed by atoms with Gasteiger partial charge in [-0.05, 0) is 31.9 Å². The molecule has 0 amide bonds. The molecule has 1 saturated heterocycles. The second kappa shape index (κ2) is 5.90. The van der Waals surface area contributed by atoms with Crippen molar-refractivity contribution in [2.24, 2.45) is 5.92 Å². The number of fused-ring (bicyclic) bond motifs is 1. The van der Waals surface area contributed by atoms with Gasteiger partial charge in [-0.2, -0.15) is 0 Å². The van der Waals surface area contributed by atoms with E-state index in [1.165, 1.54) is 6.42 Å². The molecule has 0 radical (unpaired) electrons. The average molecular weight is 287 g/mol. The molecule has 1 aromatic carbocycles. The Bertz CT molecular complexity index is 647. The lowest BCUT2D eigenvalue weighted by Crippen LogP contribution is -2.21. The first-order valence-corrected chi connectivity index (χ1v) is 7.59. The third kappa shape index (κ3) is 2.81. The van der Waals surface area contributed by atoms with Gasteiger partial charge in [-0.3, -0.25) is 4.90 Å². The summed E-state index contributed by atoms with van der Waals surface area (Å²) in [5.41, 5.74) is 1.71. The van der Waals surface area contributed by atoms with Crippen molar-refractivity contribution in [1.82, 2.24) is 4.90 Å². The van der Waals surface area contributed by atoms with Crippen molar-refractivity contribution in [2.45, 2.75) is 26.8 Å². The van der Waals surface area contributed by atoms with Crippen LogP contribution in [-0.2, 0) is 11.3 Å². The van der Waals surface area contributed by atoms with Crippen molar-refractivity contribution >= 4 is 16.9 Å². The number of rotatable bonds is 4. The van der Waals surface area contributed by atoms with Crippen molar-refractivity contribution in [3.05, 3.63) is 35.6 Å². The van der Waals surface area contributed by atoms with Crippen molar-refractivity contribution in [2.75, 3.05) is 19.7 Å². The largest absolute Gasteiger partial charge is 0.460 e. The zero-order valence-corrected chi connectivity index (χ0v) is 12.6. The van der Waals surface area contributed by atoms with Gasteiger partial charge in [-0.15, -0.1) is 0 Å². The quantitative estimate of drug-likeness (QED) is 0.808. The molecular weight excluding hydrogens is 266 g/mol. The highest BCUT2D eigenvalue weighted by Gasteiger charge is 2.26. The number of nitrogens with zero attached hydrogens (tertiary/aromatic N) is 1. The predicted molar refractivity (Wildman–Crippen MR) is 81.2 cm³/mol. The SMILES string of the molecule is CCOC(=O)c1oc2ccccc2c1CN1CCC(C)C1. The van der Waals surface area contributed by atoms with Crippen molar-refractivity contribution < 1.29 is 13.9 Å². The number of furan rings is 1. The Balaban J connectivity index is 1.97. The minimum absolute atomic E-state index is 0.357. The molecule has 1 aliphatic heterocycles. The zero-order valence-electron chi connectivity index (χ0n) is 12.6. The summed E-state index contributed by atoms with van der Waals surface area (Å²) < 4.78 is 10.9. The highest BCUT2D eigenvalue weighted by atomic mass is 16.5. The summed E-state index contributed by atoms with van der Waals surface area (Å²) in [6.07, 6.45) is 1.21. The van der Waals surface area contributed by atoms with Crippen LogP contribution >= 0.6 is 0 Å². The smallest absolute Gasteiger partial charge is 0.374 e. The molecule has 0 saturated carbocycles. The molecule has 1 unspecified atom stereocenters. The lowest BCUT2D eigenvalue weighted by atomic mass is 10.1. The van der Waals surface area contributed by atoms with Crippen LogP contribution in [0.2, 0.25) is 0 Å². The fraction of sp³-hybridized carbons (Fsp3) is 0.471. The van der Waals surface area contributed by atoms with Crippen LogP contribution in [-0.4, -0.2) is 30.6 Å². The van der Waals surface area contributed by atoms with Gasteiger partial charge >= 0.3 is 5.97 Å². The van der Waals surface area contributed by atoms with Crippen molar-refractivity contribution in [1.29, 1.82) is 0 Å². The number of hydrogen-bond donors (Lipinski definition) is 0. The Kier molecular flexibility index (Phi) is 3.97. The molecule has 2 aromatic rings. The van der Waals surface area contributed by atoms with Crippen LogP contribution < -0.4 is 0 Å². The van der Waals surface area contributed by atoms with E-state index in [0.29, 0.717) is 18.3 Å². The standard InChI is InChI=1S/C17H21NO3/c1-3-20-17(19)16-14(11-18-9-8-12(2)10-18)13-6-4-5-7-15(13)21-16/h4-7,12H,3,8-11H2,1-2H3. The van der Waals surface area contributed by atoms with Crippen LogP contribution in [0.3, 0.4) is 0 Å². The normalized spacial score (nSPS) is 19.2. The number of esters is 1. The average Bonchev–Trinajstić information content (AvgIpc) is 3.04. The third-order valence-corrected chi connectivity index (χ3v) is 4.05. The Morgan fingerprint density at radius 1 is 1.43 bits per heavy atom. The summed E-state index contributed by atoms with van der Waals surface area (Å²) in [5, 5.41) is 1.01. The first-order valence-electron chi connectivity index (χ1n) is 7.59. The van der Waals surface area contributed by atoms with Gasteiger partial charge in [0, 0.05) is 24.0 Å². The van der Waals surface area contributed by atoms with E-state index in [-0.39, 0.29) is 5.97 Å². The zero-order chi connectivity index (χ0) is 14.8. The summed E-state index contributed by atoms with van der Waals surface area (Å²) in [4.78, 5) is 14.5. The summed E-state index contributed by atoms with van der Waals surface area (Å²) >= 11 is 0. The molecule has 1 aromatic heterocycles. The molecular formula is C17H21NO3. The van der Waals surface area contributed by atoms with Crippen LogP contribution in [0.1, 0.15) is 36.4 Å². The van der Waals surface area contributed by atoms with Gasteiger partial charge in [-0.25, -0.2) is 4.79 Å². The number of ether oxygens (including phenoxy) is 1. The van der Waals surface area contributed by atoms with Crippen LogP contribution in [0.5, 0.6) is 0 Å². The molecule has 0 bridgehead atoms. The highest BCUT2D eigenvalue weighted by molar-refractivity contribution is 5.96. The number of benzene rings is 1. The van der Waals surface area contributed by atoms with E-state index in [2.05, 4.69) is 11.8 Å². The highest BCUT2D eigenvalue weighted by Crippen LogP contribution is 2.29. The number of carbonyl (C=O) groups excluding carboxylic acids is 1. The second-order valence-electron chi connectivity index (χ2n) is 5.76. The number of carbonyl (C=O) groups is 1. The molecule has 0 aliphatic carbocycles. The summed E-state index contributed by atoms with van der Waals surface area (Å²) in [6.45, 7) is 7.32. The molecule has 21 heavy (non-hydrogen) atoms. The van der Waals surface area contributed by atoms with Crippen LogP contribution in [0.15, 0.2) is 28.7 Å². The molecule has 1 fully saturated rings. The Morgan fingerprint density at radius 3 is 2.95 bits per heavy atom. The van der Waals surface area contributed by atoms with E-state index in [9.17, 15) is 4.79 Å². The van der Waals surface area contributed by atoms with Crippen LogP contribution in [0, 0.1) is 5.92 Å². The van der Waals surface area contributed by atoms with E-state index in [1.54, 1.807) is 0 Å². The van der Waals surface area contributed by atoms with Gasteiger partial charge in [-0.1, -0.05) is 25.1 Å². The fourth-order valence-electron chi connectivity index (χ4n) is 3.01. The molecule has 3 rings (SSSR count). The molecule has 0 N–H and O–H groups in total. The molecule has 112 valence electrons. The van der Waals surface area contributed by atoms with E-state index >= 15 is 0 Å². The van der Waals surface area contributed by atoms with E-state index in [4.69, 9.17) is 9.15 Å². The topological polar surface area (TPSA) is 42.7 Å². The van der Waals surface area contributed by atoms with Gasteiger partial charge in [0.2, 0.25) is 5.76 Å². The molecule has 1 atom stereocenters. The van der Waals surface area contributed by atoms with E-state index in [0.717, 1.165) is 36.2 Å². The first-order chi connectivity index (χ1) is 10.2. The Hall–Kier alpha value is -1.81. The van der Waals surface area contributed by atoms with Crippen molar-refractivity contribution in [3.63, 3.8) is 0 Å². The van der Waals surface area contributed by atoms with Gasteiger partial charge in [0.15, 0.2) is 0 Å². The molecule has 4 nitrogen and oxygen atoms in total. The predicted octanol–water partition coefficient (Wildman–Crippen LogP) is 3.45. The minimum Gasteiger partial charge on any atom is -0.460 e. The molecule has 2 heterocycles. The lowest BCUT2D eigenvalue weighted by Gasteiger charge is -2.15. The van der Waals surface area contributed by atoms with Gasteiger partial charge in [0.25, 0.3) is 0 Å². The van der Waals surface area contributed by atoms with E-state index < -0.39 is 0 Å². The maximum Gasteiger partial charge on any atom is 0.374 e. The van der Waals surface area contributed by atoms with E-state index in [1.807, 2.05) is 31.2 Å². The van der Waals surface area contributed by atoms with Crippen LogP contribution in [0.4, 0.5) is 0 Å². The van der Waals surface area contributed by atoms with Gasteiger partial charge in [0.1, 0.15) is 5.58 Å². The maximum atomic E-state index is 12.1. The molecule has 0 spiro atoms. The Morgan fingerprint density at radius 2 is 2.24 bits per heavy atom.